The predicted octanol–water partition coefficient (Wildman–Crippen LogP) is 4.16. The van der Waals surface area contributed by atoms with Gasteiger partial charge in [0.25, 0.3) is 11.6 Å². The highest BCUT2D eigenvalue weighted by molar-refractivity contribution is 6.37. The van der Waals surface area contributed by atoms with E-state index in [0.717, 1.165) is 6.07 Å². The molecule has 0 aliphatic carbocycles. The third-order valence-electron chi connectivity index (χ3n) is 2.83. The molecule has 0 saturated heterocycles. The normalized spacial score (nSPS) is 10.1. The monoisotopic (exact) mass is 340 g/mol. The van der Waals surface area contributed by atoms with Gasteiger partial charge in [-0.15, -0.1) is 0 Å². The summed E-state index contributed by atoms with van der Waals surface area (Å²) < 4.78 is 5.00. The summed E-state index contributed by atoms with van der Waals surface area (Å²) in [5, 5.41) is 13.2. The second kappa shape index (κ2) is 6.64. The zero-order valence-electron chi connectivity index (χ0n) is 11.3. The molecule has 22 heavy (non-hydrogen) atoms. The molecule has 2 aromatic carbocycles. The zero-order chi connectivity index (χ0) is 16.3. The van der Waals surface area contributed by atoms with Crippen molar-refractivity contribution in [2.24, 2.45) is 0 Å². The Hall–Kier alpha value is -2.31. The van der Waals surface area contributed by atoms with Gasteiger partial charge in [-0.2, -0.15) is 0 Å². The minimum Gasteiger partial charge on any atom is -0.497 e. The number of carbonyl (C=O) groups is 1. The first-order valence-electron chi connectivity index (χ1n) is 6.01. The third-order valence-corrected chi connectivity index (χ3v) is 3.45. The molecule has 0 unspecified atom stereocenters. The van der Waals surface area contributed by atoms with Crippen LogP contribution in [0.4, 0.5) is 11.4 Å². The Morgan fingerprint density at radius 1 is 1.18 bits per heavy atom. The van der Waals surface area contributed by atoms with Gasteiger partial charge in [0, 0.05) is 11.6 Å². The topological polar surface area (TPSA) is 81.5 Å². The van der Waals surface area contributed by atoms with Crippen molar-refractivity contribution in [3.8, 4) is 5.75 Å². The Balaban J connectivity index is 2.24. The molecular weight excluding hydrogens is 331 g/mol. The molecule has 6 nitrogen and oxygen atoms in total. The molecule has 0 heterocycles. The van der Waals surface area contributed by atoms with Gasteiger partial charge in [0.2, 0.25) is 0 Å². The van der Waals surface area contributed by atoms with Crippen LogP contribution in [0.3, 0.4) is 0 Å². The maximum Gasteiger partial charge on any atom is 0.289 e. The average Bonchev–Trinajstić information content (AvgIpc) is 2.50. The number of nitrogens with zero attached hydrogens (tertiary/aromatic N) is 1. The average molecular weight is 341 g/mol. The van der Waals surface area contributed by atoms with Gasteiger partial charge in [-0.1, -0.05) is 23.2 Å². The molecule has 0 atom stereocenters. The van der Waals surface area contributed by atoms with Crippen LogP contribution in [0.2, 0.25) is 10.0 Å². The number of methoxy groups -OCH3 is 1. The van der Waals surface area contributed by atoms with Gasteiger partial charge in [0.15, 0.2) is 0 Å². The molecule has 2 aromatic rings. The van der Waals surface area contributed by atoms with Crippen LogP contribution in [0.1, 0.15) is 10.4 Å². The van der Waals surface area contributed by atoms with Gasteiger partial charge in [-0.25, -0.2) is 0 Å². The molecular formula is C14H10Cl2N2O4. The van der Waals surface area contributed by atoms with Crippen LogP contribution in [-0.4, -0.2) is 17.9 Å². The number of ether oxygens (including phenoxy) is 1. The maximum atomic E-state index is 12.1. The largest absolute Gasteiger partial charge is 0.497 e. The minimum atomic E-state index is -0.650. The van der Waals surface area contributed by atoms with Gasteiger partial charge < -0.3 is 10.1 Å². The van der Waals surface area contributed by atoms with E-state index in [1.165, 1.54) is 13.2 Å². The minimum absolute atomic E-state index is 0.0259. The van der Waals surface area contributed by atoms with Crippen LogP contribution in [0.15, 0.2) is 36.4 Å². The Bertz CT molecular complexity index is 732. The SMILES string of the molecule is COc1ccc(C(=O)Nc2cc(Cl)c([N+](=O)[O-])cc2Cl)cc1. The second-order valence-electron chi connectivity index (χ2n) is 4.22. The standard InChI is InChI=1S/C14H10Cl2N2O4/c1-22-9-4-2-8(3-5-9)14(19)17-12-6-11(16)13(18(20)21)7-10(12)15/h2-7H,1H3,(H,17,19). The lowest BCUT2D eigenvalue weighted by molar-refractivity contribution is -0.384. The number of benzene rings is 2. The number of amides is 1. The molecule has 0 aromatic heterocycles. The van der Waals surface area contributed by atoms with E-state index in [4.69, 9.17) is 27.9 Å². The summed E-state index contributed by atoms with van der Waals surface area (Å²) in [6, 6.07) is 8.76. The quantitative estimate of drug-likeness (QED) is 0.669. The molecule has 0 fully saturated rings. The Labute approximate surface area is 135 Å². The number of hydrogen-bond donors (Lipinski definition) is 1. The number of carbonyl (C=O) groups excluding carboxylic acids is 1. The fraction of sp³-hybridized carbons (Fsp3) is 0.0714. The highest BCUT2D eigenvalue weighted by atomic mass is 35.5. The molecule has 0 aliphatic heterocycles. The van der Waals surface area contributed by atoms with Crippen LogP contribution in [-0.2, 0) is 0 Å². The van der Waals surface area contributed by atoms with Gasteiger partial charge in [0.1, 0.15) is 10.8 Å². The Morgan fingerprint density at radius 2 is 1.82 bits per heavy atom. The summed E-state index contributed by atoms with van der Waals surface area (Å²) in [5.74, 6) is 0.197. The van der Waals surface area contributed by atoms with Crippen LogP contribution in [0.25, 0.3) is 0 Å². The summed E-state index contributed by atoms with van der Waals surface area (Å²) in [7, 11) is 1.52. The molecule has 0 bridgehead atoms. The van der Waals surface area contributed by atoms with Gasteiger partial charge in [-0.3, -0.25) is 14.9 Å². The van der Waals surface area contributed by atoms with Crippen molar-refractivity contribution >= 4 is 40.5 Å². The van der Waals surface area contributed by atoms with Crippen molar-refractivity contribution < 1.29 is 14.5 Å². The van der Waals surface area contributed by atoms with Crippen molar-refractivity contribution in [2.75, 3.05) is 12.4 Å². The summed E-state index contributed by atoms with van der Waals surface area (Å²) in [6.07, 6.45) is 0. The number of nitrogens with one attached hydrogen (secondary N) is 1. The second-order valence-corrected chi connectivity index (χ2v) is 5.04. The molecule has 8 heteroatoms. The summed E-state index contributed by atoms with van der Waals surface area (Å²) in [5.41, 5.74) is 0.249. The number of anilines is 1. The lowest BCUT2D eigenvalue weighted by atomic mass is 10.2. The molecule has 0 aliphatic rings. The first kappa shape index (κ1) is 16.1. The Kier molecular flexibility index (Phi) is 4.85. The van der Waals surface area contributed by atoms with Crippen molar-refractivity contribution in [2.45, 2.75) is 0 Å². The smallest absolute Gasteiger partial charge is 0.289 e. The van der Waals surface area contributed by atoms with E-state index in [9.17, 15) is 14.9 Å². The predicted molar refractivity (Wildman–Crippen MR) is 84.1 cm³/mol. The van der Waals surface area contributed by atoms with Crippen LogP contribution >= 0.6 is 23.2 Å². The van der Waals surface area contributed by atoms with E-state index in [0.29, 0.717) is 11.3 Å². The van der Waals surface area contributed by atoms with E-state index in [1.807, 2.05) is 0 Å². The third kappa shape index (κ3) is 3.47. The van der Waals surface area contributed by atoms with Gasteiger partial charge >= 0.3 is 0 Å². The highest BCUT2D eigenvalue weighted by Crippen LogP contribution is 2.34. The Morgan fingerprint density at radius 3 is 2.36 bits per heavy atom. The van der Waals surface area contributed by atoms with Crippen LogP contribution in [0, 0.1) is 10.1 Å². The van der Waals surface area contributed by atoms with E-state index in [2.05, 4.69) is 5.32 Å². The van der Waals surface area contributed by atoms with Crippen molar-refractivity contribution in [3.05, 3.63) is 62.1 Å². The van der Waals surface area contributed by atoms with Crippen molar-refractivity contribution in [1.29, 1.82) is 0 Å². The van der Waals surface area contributed by atoms with Crippen molar-refractivity contribution in [3.63, 3.8) is 0 Å². The van der Waals surface area contributed by atoms with Crippen molar-refractivity contribution in [1.82, 2.24) is 0 Å². The van der Waals surface area contributed by atoms with E-state index in [1.54, 1.807) is 24.3 Å². The molecule has 1 amide bonds. The molecule has 1 N–H and O–H groups in total. The lowest BCUT2D eigenvalue weighted by Crippen LogP contribution is -2.12. The molecule has 114 valence electrons. The van der Waals surface area contributed by atoms with E-state index < -0.39 is 10.8 Å². The molecule has 2 rings (SSSR count). The fourth-order valence-corrected chi connectivity index (χ4v) is 2.15. The molecule has 0 spiro atoms. The van der Waals surface area contributed by atoms with Crippen LogP contribution < -0.4 is 10.1 Å². The lowest BCUT2D eigenvalue weighted by Gasteiger charge is -2.08. The number of nitro groups is 1. The first-order valence-corrected chi connectivity index (χ1v) is 6.77. The first-order chi connectivity index (χ1) is 10.4. The fourth-order valence-electron chi connectivity index (χ4n) is 1.71. The number of rotatable bonds is 4. The highest BCUT2D eigenvalue weighted by Gasteiger charge is 2.17. The van der Waals surface area contributed by atoms with E-state index >= 15 is 0 Å². The maximum absolute atomic E-state index is 12.1. The number of hydrogen-bond acceptors (Lipinski definition) is 4. The zero-order valence-corrected chi connectivity index (χ0v) is 12.8. The molecule has 0 saturated carbocycles. The number of nitro benzene ring substituents is 1. The van der Waals surface area contributed by atoms with Gasteiger partial charge in [0.05, 0.1) is 22.7 Å². The summed E-state index contributed by atoms with van der Waals surface area (Å²) in [4.78, 5) is 22.2. The number of halogens is 2. The summed E-state index contributed by atoms with van der Waals surface area (Å²) in [6.45, 7) is 0. The summed E-state index contributed by atoms with van der Waals surface area (Å²) >= 11 is 11.7. The van der Waals surface area contributed by atoms with Gasteiger partial charge in [-0.05, 0) is 30.3 Å². The molecule has 0 radical (unpaired) electrons. The van der Waals surface area contributed by atoms with Crippen LogP contribution in [0.5, 0.6) is 5.75 Å². The van der Waals surface area contributed by atoms with E-state index in [-0.39, 0.29) is 21.4 Å².